The van der Waals surface area contributed by atoms with Gasteiger partial charge in [-0.1, -0.05) is 37.5 Å². The van der Waals surface area contributed by atoms with Crippen LogP contribution in [0, 0.1) is 0 Å². The second kappa shape index (κ2) is 6.43. The van der Waals surface area contributed by atoms with Crippen molar-refractivity contribution in [2.45, 2.75) is 44.4 Å². The standard InChI is InChI=1S/C14H17F3N2S/c15-14(16,17)18-13(20)19(11-7-3-1-4-8-11)12-9-5-2-6-10-12/h1,3-4,7-8,12H,2,5-6,9-10H2,(H,18,20). The summed E-state index contributed by atoms with van der Waals surface area (Å²) in [4.78, 5) is 1.61. The van der Waals surface area contributed by atoms with Crippen molar-refractivity contribution in [1.82, 2.24) is 5.32 Å². The minimum absolute atomic E-state index is 0.0356. The smallest absolute Gasteiger partial charge is 0.316 e. The Morgan fingerprint density at radius 1 is 1.10 bits per heavy atom. The predicted octanol–water partition coefficient (Wildman–Crippen LogP) is 4.22. The predicted molar refractivity (Wildman–Crippen MR) is 77.6 cm³/mol. The molecule has 1 saturated carbocycles. The lowest BCUT2D eigenvalue weighted by Gasteiger charge is -2.36. The van der Waals surface area contributed by atoms with Crippen LogP contribution in [-0.2, 0) is 0 Å². The highest BCUT2D eigenvalue weighted by Gasteiger charge is 2.33. The molecule has 20 heavy (non-hydrogen) atoms. The summed E-state index contributed by atoms with van der Waals surface area (Å²) in [5.74, 6) is 0. The number of para-hydroxylation sites is 1. The van der Waals surface area contributed by atoms with Crippen LogP contribution in [-0.4, -0.2) is 17.5 Å². The largest absolute Gasteiger partial charge is 0.484 e. The normalized spacial score (nSPS) is 16.8. The van der Waals surface area contributed by atoms with Crippen molar-refractivity contribution in [1.29, 1.82) is 0 Å². The third kappa shape index (κ3) is 4.10. The summed E-state index contributed by atoms with van der Waals surface area (Å²) < 4.78 is 37.6. The van der Waals surface area contributed by atoms with Crippen molar-refractivity contribution in [3.8, 4) is 0 Å². The molecule has 0 amide bonds. The van der Waals surface area contributed by atoms with Gasteiger partial charge in [-0.15, -0.1) is 0 Å². The quantitative estimate of drug-likeness (QED) is 0.650. The molecular formula is C14H17F3N2S. The van der Waals surface area contributed by atoms with Gasteiger partial charge in [-0.3, -0.25) is 5.32 Å². The Bertz CT molecular complexity index is 441. The Kier molecular flexibility index (Phi) is 4.86. The first-order valence-electron chi connectivity index (χ1n) is 6.70. The van der Waals surface area contributed by atoms with Gasteiger partial charge in [0, 0.05) is 11.7 Å². The maximum atomic E-state index is 12.5. The second-order valence-electron chi connectivity index (χ2n) is 4.93. The maximum Gasteiger partial charge on any atom is 0.484 e. The molecule has 1 aliphatic rings. The fourth-order valence-electron chi connectivity index (χ4n) is 2.60. The first-order valence-corrected chi connectivity index (χ1v) is 7.11. The maximum absolute atomic E-state index is 12.5. The third-order valence-electron chi connectivity index (χ3n) is 3.44. The highest BCUT2D eigenvalue weighted by atomic mass is 32.1. The van der Waals surface area contributed by atoms with E-state index in [1.807, 2.05) is 6.07 Å². The number of alkyl halides is 3. The van der Waals surface area contributed by atoms with Gasteiger partial charge >= 0.3 is 6.30 Å². The van der Waals surface area contributed by atoms with Crippen molar-refractivity contribution in [2.75, 3.05) is 4.90 Å². The Morgan fingerprint density at radius 3 is 2.25 bits per heavy atom. The Morgan fingerprint density at radius 2 is 1.70 bits per heavy atom. The molecule has 0 radical (unpaired) electrons. The zero-order valence-corrected chi connectivity index (χ0v) is 11.8. The number of halogens is 3. The molecule has 2 nitrogen and oxygen atoms in total. The lowest BCUT2D eigenvalue weighted by Crippen LogP contribution is -2.51. The van der Waals surface area contributed by atoms with Gasteiger partial charge < -0.3 is 4.90 Å². The molecule has 0 atom stereocenters. The summed E-state index contributed by atoms with van der Waals surface area (Å²) in [6.07, 6.45) is 0.436. The van der Waals surface area contributed by atoms with Crippen LogP contribution in [0.15, 0.2) is 30.3 Å². The number of hydrogen-bond acceptors (Lipinski definition) is 1. The Hall–Kier alpha value is -1.30. The molecule has 1 aromatic rings. The molecule has 0 unspecified atom stereocenters. The fraction of sp³-hybridized carbons (Fsp3) is 0.500. The van der Waals surface area contributed by atoms with Crippen LogP contribution in [0.25, 0.3) is 0 Å². The minimum atomic E-state index is -4.50. The SMILES string of the molecule is FC(F)(F)NC(=S)N(c1ccccc1)C1CCCCC1. The summed E-state index contributed by atoms with van der Waals surface area (Å²) in [6, 6.07) is 9.07. The first-order chi connectivity index (χ1) is 9.47. The van der Waals surface area contributed by atoms with E-state index in [0.717, 1.165) is 32.1 Å². The van der Waals surface area contributed by atoms with Crippen LogP contribution in [0.2, 0.25) is 0 Å². The summed E-state index contributed by atoms with van der Waals surface area (Å²) in [7, 11) is 0. The van der Waals surface area contributed by atoms with Gasteiger partial charge in [0.25, 0.3) is 0 Å². The van der Waals surface area contributed by atoms with Crippen molar-refractivity contribution < 1.29 is 13.2 Å². The monoisotopic (exact) mass is 302 g/mol. The van der Waals surface area contributed by atoms with Gasteiger partial charge in [0.15, 0.2) is 5.11 Å². The number of hydrogen-bond donors (Lipinski definition) is 1. The van der Waals surface area contributed by atoms with Crippen LogP contribution in [0.5, 0.6) is 0 Å². The van der Waals surface area contributed by atoms with E-state index < -0.39 is 6.30 Å². The van der Waals surface area contributed by atoms with Gasteiger partial charge in [0.1, 0.15) is 0 Å². The minimum Gasteiger partial charge on any atom is -0.316 e. The molecule has 0 bridgehead atoms. The van der Waals surface area contributed by atoms with Crippen LogP contribution in [0.4, 0.5) is 18.9 Å². The van der Waals surface area contributed by atoms with E-state index in [4.69, 9.17) is 12.2 Å². The number of nitrogens with zero attached hydrogens (tertiary/aromatic N) is 1. The van der Waals surface area contributed by atoms with Gasteiger partial charge in [-0.05, 0) is 37.2 Å². The summed E-state index contributed by atoms with van der Waals surface area (Å²) in [6.45, 7) is 0. The number of rotatable bonds is 2. The summed E-state index contributed by atoms with van der Waals surface area (Å²) >= 11 is 4.98. The van der Waals surface area contributed by atoms with Gasteiger partial charge in [-0.25, -0.2) is 0 Å². The summed E-state index contributed by atoms with van der Waals surface area (Å²) in [5.41, 5.74) is 0.709. The van der Waals surface area contributed by atoms with Crippen LogP contribution < -0.4 is 10.2 Å². The Labute approximate surface area is 122 Å². The van der Waals surface area contributed by atoms with Gasteiger partial charge in [0.05, 0.1) is 0 Å². The van der Waals surface area contributed by atoms with Crippen molar-refractivity contribution in [3.63, 3.8) is 0 Å². The molecule has 1 N–H and O–H groups in total. The van der Waals surface area contributed by atoms with Crippen LogP contribution in [0.1, 0.15) is 32.1 Å². The van der Waals surface area contributed by atoms with Crippen LogP contribution in [0.3, 0.4) is 0 Å². The highest BCUT2D eigenvalue weighted by Crippen LogP contribution is 2.28. The van der Waals surface area contributed by atoms with Gasteiger partial charge in [-0.2, -0.15) is 13.2 Å². The number of benzene rings is 1. The molecule has 0 saturated heterocycles. The van der Waals surface area contributed by atoms with E-state index in [9.17, 15) is 13.2 Å². The fourth-order valence-corrected chi connectivity index (χ4v) is 2.97. The molecule has 6 heteroatoms. The Balaban J connectivity index is 2.22. The van der Waals surface area contributed by atoms with Crippen molar-refractivity contribution >= 4 is 23.0 Å². The molecule has 0 aliphatic heterocycles. The number of thiocarbonyl (C=S) groups is 1. The molecular weight excluding hydrogens is 285 g/mol. The van der Waals surface area contributed by atoms with E-state index in [0.29, 0.717) is 5.69 Å². The van der Waals surface area contributed by atoms with E-state index in [2.05, 4.69) is 0 Å². The number of nitrogens with one attached hydrogen (secondary N) is 1. The zero-order valence-electron chi connectivity index (χ0n) is 11.0. The molecule has 0 aromatic heterocycles. The molecule has 1 aliphatic carbocycles. The summed E-state index contributed by atoms with van der Waals surface area (Å²) in [5, 5.41) is 1.20. The average molecular weight is 302 g/mol. The van der Waals surface area contributed by atoms with E-state index in [1.165, 1.54) is 5.32 Å². The molecule has 110 valence electrons. The topological polar surface area (TPSA) is 15.3 Å². The zero-order chi connectivity index (χ0) is 14.6. The van der Waals surface area contributed by atoms with E-state index in [1.54, 1.807) is 29.2 Å². The molecule has 0 spiro atoms. The van der Waals surface area contributed by atoms with Gasteiger partial charge in [0.2, 0.25) is 0 Å². The van der Waals surface area contributed by atoms with Crippen molar-refractivity contribution in [2.24, 2.45) is 0 Å². The lowest BCUT2D eigenvalue weighted by molar-refractivity contribution is -0.141. The molecule has 1 fully saturated rings. The van der Waals surface area contributed by atoms with E-state index >= 15 is 0 Å². The lowest BCUT2D eigenvalue weighted by atomic mass is 9.94. The third-order valence-corrected chi connectivity index (χ3v) is 3.74. The second-order valence-corrected chi connectivity index (χ2v) is 5.31. The highest BCUT2D eigenvalue weighted by molar-refractivity contribution is 7.80. The molecule has 2 rings (SSSR count). The molecule has 1 aromatic carbocycles. The van der Waals surface area contributed by atoms with Crippen molar-refractivity contribution in [3.05, 3.63) is 30.3 Å². The first kappa shape index (κ1) is 15.1. The molecule has 0 heterocycles. The average Bonchev–Trinajstić information content (AvgIpc) is 2.39. The van der Waals surface area contributed by atoms with Crippen LogP contribution >= 0.6 is 12.2 Å². The van der Waals surface area contributed by atoms with E-state index in [-0.39, 0.29) is 11.2 Å². The number of anilines is 1.